The van der Waals surface area contributed by atoms with Gasteiger partial charge in [0.25, 0.3) is 0 Å². The van der Waals surface area contributed by atoms with E-state index in [4.69, 9.17) is 0 Å². The average Bonchev–Trinajstić information content (AvgIpc) is 2.53. The summed E-state index contributed by atoms with van der Waals surface area (Å²) >= 11 is 0. The molecule has 0 fully saturated rings. The van der Waals surface area contributed by atoms with Crippen LogP contribution in [0.2, 0.25) is 0 Å². The molecule has 0 saturated heterocycles. The lowest BCUT2D eigenvalue weighted by atomic mass is 9.99. The number of hydrogen-bond donors (Lipinski definition) is 1. The number of nitrogens with one attached hydrogen (secondary N) is 1. The van der Waals surface area contributed by atoms with E-state index < -0.39 is 0 Å². The quantitative estimate of drug-likeness (QED) is 0.705. The van der Waals surface area contributed by atoms with Crippen molar-refractivity contribution in [2.24, 2.45) is 0 Å². The number of fused-ring (bicyclic) bond motifs is 1. The normalized spacial score (nSPS) is 11.9. The summed E-state index contributed by atoms with van der Waals surface area (Å²) in [5, 5.41) is 6.25. The van der Waals surface area contributed by atoms with Gasteiger partial charge in [-0.25, -0.2) is 0 Å². The molecule has 3 aromatic rings. The van der Waals surface area contributed by atoms with Crippen LogP contribution in [0.1, 0.15) is 24.1 Å². The summed E-state index contributed by atoms with van der Waals surface area (Å²) in [5.41, 5.74) is 2.68. The van der Waals surface area contributed by atoms with E-state index in [9.17, 15) is 0 Å². The summed E-state index contributed by atoms with van der Waals surface area (Å²) < 4.78 is 0. The maximum Gasteiger partial charge on any atom is 0.0301 e. The molecule has 0 heterocycles. The molecule has 1 atom stereocenters. The molecule has 0 radical (unpaired) electrons. The Morgan fingerprint density at radius 1 is 0.810 bits per heavy atom. The Morgan fingerprint density at radius 3 is 2.29 bits per heavy atom. The third-order valence-electron chi connectivity index (χ3n) is 3.75. The molecule has 3 aromatic carbocycles. The second kappa shape index (κ2) is 7.26. The van der Waals surface area contributed by atoms with Crippen LogP contribution in [0.25, 0.3) is 10.8 Å². The summed E-state index contributed by atoms with van der Waals surface area (Å²) in [5.74, 6) is 0. The molecular weight excluding hydrogens is 278 g/mol. The van der Waals surface area contributed by atoms with Gasteiger partial charge in [0.1, 0.15) is 0 Å². The molecule has 0 aliphatic heterocycles. The highest BCUT2D eigenvalue weighted by atomic mass is 35.5. The van der Waals surface area contributed by atoms with Gasteiger partial charge in [0.05, 0.1) is 0 Å². The Hall–Kier alpha value is -1.83. The monoisotopic (exact) mass is 297 g/mol. The van der Waals surface area contributed by atoms with Gasteiger partial charge in [0, 0.05) is 12.6 Å². The fourth-order valence-corrected chi connectivity index (χ4v) is 2.60. The van der Waals surface area contributed by atoms with Crippen LogP contribution in [-0.2, 0) is 6.54 Å². The van der Waals surface area contributed by atoms with Crippen molar-refractivity contribution in [1.29, 1.82) is 0 Å². The third-order valence-corrected chi connectivity index (χ3v) is 3.75. The van der Waals surface area contributed by atoms with Crippen molar-refractivity contribution in [1.82, 2.24) is 5.32 Å². The summed E-state index contributed by atoms with van der Waals surface area (Å²) in [6, 6.07) is 26.0. The van der Waals surface area contributed by atoms with Crippen molar-refractivity contribution in [2.45, 2.75) is 19.5 Å². The zero-order valence-corrected chi connectivity index (χ0v) is 12.9. The predicted octanol–water partition coefficient (Wildman–Crippen LogP) is 5.11. The van der Waals surface area contributed by atoms with Gasteiger partial charge in [0.2, 0.25) is 0 Å². The number of hydrogen-bond acceptors (Lipinski definition) is 1. The first-order valence-corrected chi connectivity index (χ1v) is 7.09. The average molecular weight is 298 g/mol. The fraction of sp³-hybridized carbons (Fsp3) is 0.158. The van der Waals surface area contributed by atoms with E-state index in [2.05, 4.69) is 85.0 Å². The second-order valence-electron chi connectivity index (χ2n) is 5.16. The fourth-order valence-electron chi connectivity index (χ4n) is 2.60. The largest absolute Gasteiger partial charge is 0.306 e. The van der Waals surface area contributed by atoms with Gasteiger partial charge in [-0.15, -0.1) is 12.4 Å². The van der Waals surface area contributed by atoms with Crippen LogP contribution < -0.4 is 5.32 Å². The van der Waals surface area contributed by atoms with Crippen LogP contribution in [0, 0.1) is 0 Å². The van der Waals surface area contributed by atoms with E-state index in [1.54, 1.807) is 0 Å². The molecular formula is C19H20ClN. The summed E-state index contributed by atoms with van der Waals surface area (Å²) in [6.07, 6.45) is 0. The molecule has 1 unspecified atom stereocenters. The van der Waals surface area contributed by atoms with Gasteiger partial charge >= 0.3 is 0 Å². The Labute approximate surface area is 132 Å². The van der Waals surface area contributed by atoms with Crippen LogP contribution in [0.4, 0.5) is 0 Å². The maximum atomic E-state index is 3.61. The molecule has 3 rings (SSSR count). The van der Waals surface area contributed by atoms with Gasteiger partial charge in [0.15, 0.2) is 0 Å². The molecule has 0 aliphatic rings. The van der Waals surface area contributed by atoms with Crippen molar-refractivity contribution < 1.29 is 0 Å². The first-order valence-electron chi connectivity index (χ1n) is 7.09. The lowest BCUT2D eigenvalue weighted by Gasteiger charge is -2.16. The molecule has 0 aromatic heterocycles. The van der Waals surface area contributed by atoms with Crippen LogP contribution in [0.5, 0.6) is 0 Å². The first-order chi connectivity index (χ1) is 9.84. The number of halogens is 1. The van der Waals surface area contributed by atoms with Gasteiger partial charge in [-0.2, -0.15) is 0 Å². The van der Waals surface area contributed by atoms with Crippen LogP contribution >= 0.6 is 12.4 Å². The minimum Gasteiger partial charge on any atom is -0.306 e. The first kappa shape index (κ1) is 15.6. The minimum absolute atomic E-state index is 0. The molecule has 0 spiro atoms. The van der Waals surface area contributed by atoms with Gasteiger partial charge in [-0.3, -0.25) is 0 Å². The molecule has 0 amide bonds. The van der Waals surface area contributed by atoms with E-state index in [0.717, 1.165) is 6.54 Å². The van der Waals surface area contributed by atoms with Crippen LogP contribution in [0.3, 0.4) is 0 Å². The smallest absolute Gasteiger partial charge is 0.0301 e. The zero-order valence-electron chi connectivity index (χ0n) is 12.1. The molecule has 1 nitrogen and oxygen atoms in total. The van der Waals surface area contributed by atoms with Crippen molar-refractivity contribution >= 4 is 23.2 Å². The molecule has 2 heteroatoms. The van der Waals surface area contributed by atoms with Gasteiger partial charge in [-0.05, 0) is 28.8 Å². The molecule has 0 saturated carbocycles. The van der Waals surface area contributed by atoms with Crippen LogP contribution in [0.15, 0.2) is 72.8 Å². The Balaban J connectivity index is 0.00000161. The van der Waals surface area contributed by atoms with Crippen LogP contribution in [-0.4, -0.2) is 0 Å². The highest BCUT2D eigenvalue weighted by molar-refractivity contribution is 5.86. The predicted molar refractivity (Wildman–Crippen MR) is 92.9 cm³/mol. The van der Waals surface area contributed by atoms with Crippen molar-refractivity contribution in [2.75, 3.05) is 0 Å². The highest BCUT2D eigenvalue weighted by Gasteiger charge is 2.08. The van der Waals surface area contributed by atoms with Crippen molar-refractivity contribution in [3.63, 3.8) is 0 Å². The van der Waals surface area contributed by atoms with Crippen molar-refractivity contribution in [3.05, 3.63) is 83.9 Å². The zero-order chi connectivity index (χ0) is 13.8. The highest BCUT2D eigenvalue weighted by Crippen LogP contribution is 2.24. The SMILES string of the molecule is CC(NCc1ccccc1)c1cccc2ccccc12.Cl. The number of benzene rings is 3. The number of rotatable bonds is 4. The molecule has 1 N–H and O–H groups in total. The lowest BCUT2D eigenvalue weighted by Crippen LogP contribution is -2.18. The molecule has 108 valence electrons. The van der Waals surface area contributed by atoms with E-state index >= 15 is 0 Å². The van der Waals surface area contributed by atoms with Gasteiger partial charge < -0.3 is 5.32 Å². The van der Waals surface area contributed by atoms with E-state index in [1.165, 1.54) is 21.9 Å². The summed E-state index contributed by atoms with van der Waals surface area (Å²) in [4.78, 5) is 0. The Bertz CT molecular complexity index is 689. The maximum absolute atomic E-state index is 3.61. The second-order valence-corrected chi connectivity index (χ2v) is 5.16. The van der Waals surface area contributed by atoms with E-state index in [0.29, 0.717) is 6.04 Å². The van der Waals surface area contributed by atoms with Gasteiger partial charge in [-0.1, -0.05) is 72.8 Å². The standard InChI is InChI=1S/C19H19N.ClH/c1-15(20-14-16-8-3-2-4-9-16)18-13-7-11-17-10-5-6-12-19(17)18;/h2-13,15,20H,14H2,1H3;1H. The third kappa shape index (κ3) is 3.63. The van der Waals surface area contributed by atoms with Crippen molar-refractivity contribution in [3.8, 4) is 0 Å². The topological polar surface area (TPSA) is 12.0 Å². The molecule has 0 bridgehead atoms. The molecule has 21 heavy (non-hydrogen) atoms. The minimum atomic E-state index is 0. The summed E-state index contributed by atoms with van der Waals surface area (Å²) in [6.45, 7) is 3.12. The lowest BCUT2D eigenvalue weighted by molar-refractivity contribution is 0.578. The molecule has 0 aliphatic carbocycles. The Kier molecular flexibility index (Phi) is 5.38. The summed E-state index contributed by atoms with van der Waals surface area (Å²) in [7, 11) is 0. The van der Waals surface area contributed by atoms with E-state index in [1.807, 2.05) is 0 Å². The van der Waals surface area contributed by atoms with E-state index in [-0.39, 0.29) is 12.4 Å². The Morgan fingerprint density at radius 2 is 1.48 bits per heavy atom.